The molecule has 2 amide bonds. The van der Waals surface area contributed by atoms with E-state index in [2.05, 4.69) is 46.6 Å². The Bertz CT molecular complexity index is 2860. The normalized spacial score (nSPS) is 15.0. The number of anilines is 2. The summed E-state index contributed by atoms with van der Waals surface area (Å²) in [6.07, 6.45) is 0. The predicted octanol–water partition coefficient (Wildman–Crippen LogP) is 13.4. The van der Waals surface area contributed by atoms with Crippen LogP contribution in [0.4, 0.5) is 22.7 Å². The Hall–Kier alpha value is -7.84. The van der Waals surface area contributed by atoms with Crippen LogP contribution in [0.15, 0.2) is 228 Å². The van der Waals surface area contributed by atoms with Crippen LogP contribution in [0.2, 0.25) is 0 Å². The van der Waals surface area contributed by atoms with E-state index in [1.54, 1.807) is 0 Å². The molecule has 8 aromatic rings. The van der Waals surface area contributed by atoms with Gasteiger partial charge < -0.3 is 10.6 Å². The van der Waals surface area contributed by atoms with Crippen molar-refractivity contribution in [1.82, 2.24) is 0 Å². The van der Waals surface area contributed by atoms with Gasteiger partial charge in [-0.1, -0.05) is 182 Å². The molecular formula is C54H40CuN6O2. The van der Waals surface area contributed by atoms with Gasteiger partial charge in [0.1, 0.15) is 0 Å². The molecule has 63 heavy (non-hydrogen) atoms. The van der Waals surface area contributed by atoms with Crippen LogP contribution in [-0.2, 0) is 26.7 Å². The van der Waals surface area contributed by atoms with E-state index in [1.165, 1.54) is 10.0 Å². The maximum atomic E-state index is 13.5. The van der Waals surface area contributed by atoms with Gasteiger partial charge in [-0.2, -0.15) is 20.2 Å². The van der Waals surface area contributed by atoms with Gasteiger partial charge in [-0.25, -0.2) is 0 Å². The Balaban J connectivity index is 0.000000170. The molecule has 2 aliphatic rings. The molecule has 0 atom stereocenters. The average molecular weight is 869 g/mol. The largest absolute Gasteiger partial charge is 2.00 e. The Morgan fingerprint density at radius 3 is 1.10 bits per heavy atom. The molecular weight excluding hydrogens is 828 g/mol. The van der Waals surface area contributed by atoms with Crippen LogP contribution in [0.25, 0.3) is 43.6 Å². The first-order valence-corrected chi connectivity index (χ1v) is 20.3. The van der Waals surface area contributed by atoms with Crippen LogP contribution in [0.5, 0.6) is 0 Å². The van der Waals surface area contributed by atoms with Crippen LogP contribution in [0.1, 0.15) is 25.0 Å². The molecule has 9 heteroatoms. The van der Waals surface area contributed by atoms with Crippen molar-refractivity contribution in [1.29, 1.82) is 0 Å². The van der Waals surface area contributed by atoms with Gasteiger partial charge in [-0.05, 0) is 70.8 Å². The van der Waals surface area contributed by atoms with Gasteiger partial charge in [0.25, 0.3) is 11.8 Å². The number of para-hydroxylation sites is 2. The van der Waals surface area contributed by atoms with Gasteiger partial charge in [0.2, 0.25) is 0 Å². The van der Waals surface area contributed by atoms with Gasteiger partial charge >= 0.3 is 17.1 Å². The number of rotatable bonds is 8. The molecule has 0 spiro atoms. The van der Waals surface area contributed by atoms with Crippen molar-refractivity contribution in [2.45, 2.75) is 13.8 Å². The van der Waals surface area contributed by atoms with Gasteiger partial charge in [0.05, 0.1) is 33.9 Å². The average Bonchev–Trinajstić information content (AvgIpc) is 3.80. The third-order valence-corrected chi connectivity index (χ3v) is 10.6. The summed E-state index contributed by atoms with van der Waals surface area (Å²) in [6, 6.07) is 66.9. The number of amides is 2. The van der Waals surface area contributed by atoms with E-state index in [-0.39, 0.29) is 28.9 Å². The molecule has 0 aliphatic carbocycles. The van der Waals surface area contributed by atoms with Crippen LogP contribution < -0.4 is 10.0 Å². The number of hydrogen-bond acceptors (Lipinski definition) is 4. The second-order valence-electron chi connectivity index (χ2n) is 14.7. The molecule has 0 bridgehead atoms. The fourth-order valence-corrected chi connectivity index (χ4v) is 7.62. The number of hydrazone groups is 2. The zero-order valence-electron chi connectivity index (χ0n) is 34.4. The fraction of sp³-hybridized carbons (Fsp3) is 0.0370. The molecule has 0 unspecified atom stereocenters. The molecule has 10 rings (SSSR count). The molecule has 0 N–H and O–H groups in total. The van der Waals surface area contributed by atoms with Crippen molar-refractivity contribution in [3.05, 3.63) is 239 Å². The van der Waals surface area contributed by atoms with Crippen LogP contribution in [0, 0.1) is 0 Å². The van der Waals surface area contributed by atoms with Crippen LogP contribution in [0.3, 0.4) is 0 Å². The first-order chi connectivity index (χ1) is 30.4. The smallest absolute Gasteiger partial charge is 0.656 e. The SMILES string of the molecule is CC1=NN(c2ccccc2)C(=O)/C1=C(\[N-]c1cccc2ccccc12)c1ccccc1.CC1=NN(c2ccccc2)C(=O)/C1=C(\[N-]c1cccc2ccccc12)c1ccccc1.[Cu+2]. The van der Waals surface area contributed by atoms with Crippen LogP contribution >= 0.6 is 0 Å². The summed E-state index contributed by atoms with van der Waals surface area (Å²) in [5, 5.41) is 26.3. The van der Waals surface area contributed by atoms with Crippen molar-refractivity contribution < 1.29 is 26.7 Å². The summed E-state index contributed by atoms with van der Waals surface area (Å²) in [4.78, 5) is 27.0. The third kappa shape index (κ3) is 8.70. The van der Waals surface area contributed by atoms with E-state index < -0.39 is 0 Å². The predicted molar refractivity (Wildman–Crippen MR) is 255 cm³/mol. The molecule has 1 radical (unpaired) electrons. The Kier molecular flexibility index (Phi) is 12.5. The van der Waals surface area contributed by atoms with E-state index in [9.17, 15) is 9.59 Å². The number of benzene rings is 8. The first-order valence-electron chi connectivity index (χ1n) is 20.3. The molecule has 0 fully saturated rings. The number of carbonyl (C=O) groups excluding carboxylic acids is 2. The summed E-state index contributed by atoms with van der Waals surface area (Å²) in [6.45, 7) is 3.72. The minimum absolute atomic E-state index is 0. The van der Waals surface area contributed by atoms with E-state index in [0.29, 0.717) is 34.0 Å². The third-order valence-electron chi connectivity index (χ3n) is 10.6. The standard InChI is InChI=1S/2C27H21N3O.Cu/c2*1-19-25(27(31)30(29-19)22-15-6-3-7-16-22)26(21-12-4-2-5-13-21)28-24-18-10-14-20-11-8-9-17-23(20)24;/h2*2-18H,1H3,(H,28,29,31);/q;;+2/p-2. The number of nitrogens with zero attached hydrogens (tertiary/aromatic N) is 6. The number of hydrogen-bond donors (Lipinski definition) is 0. The second-order valence-corrected chi connectivity index (χ2v) is 14.7. The van der Waals surface area contributed by atoms with E-state index in [0.717, 1.165) is 55.4 Å². The molecule has 309 valence electrons. The maximum absolute atomic E-state index is 13.5. The van der Waals surface area contributed by atoms with Gasteiger partial charge in [-0.3, -0.25) is 9.59 Å². The summed E-state index contributed by atoms with van der Waals surface area (Å²) >= 11 is 0. The molecule has 8 aromatic carbocycles. The molecule has 0 aromatic heterocycles. The number of carbonyl (C=O) groups is 2. The molecule has 0 saturated heterocycles. The maximum Gasteiger partial charge on any atom is 2.00 e. The Labute approximate surface area is 377 Å². The van der Waals surface area contributed by atoms with Crippen LogP contribution in [-0.4, -0.2) is 23.2 Å². The van der Waals surface area contributed by atoms with Crippen molar-refractivity contribution in [2.24, 2.45) is 10.2 Å². The zero-order valence-corrected chi connectivity index (χ0v) is 35.4. The topological polar surface area (TPSA) is 93.5 Å². The van der Waals surface area contributed by atoms with Crippen molar-refractivity contribution in [2.75, 3.05) is 10.0 Å². The summed E-state index contributed by atoms with van der Waals surface area (Å²) < 4.78 is 0. The number of fused-ring (bicyclic) bond motifs is 2. The minimum Gasteiger partial charge on any atom is -0.656 e. The zero-order chi connectivity index (χ0) is 42.4. The van der Waals surface area contributed by atoms with Gasteiger partial charge in [0, 0.05) is 0 Å². The summed E-state index contributed by atoms with van der Waals surface area (Å²) in [5.74, 6) is -0.349. The molecule has 2 heterocycles. The van der Waals surface area contributed by atoms with Gasteiger partial charge in [0.15, 0.2) is 0 Å². The fourth-order valence-electron chi connectivity index (χ4n) is 7.62. The van der Waals surface area contributed by atoms with E-state index >= 15 is 0 Å². The first kappa shape index (κ1) is 41.9. The monoisotopic (exact) mass is 867 g/mol. The molecule has 8 nitrogen and oxygen atoms in total. The van der Waals surface area contributed by atoms with E-state index in [4.69, 9.17) is 10.6 Å². The minimum atomic E-state index is -0.175. The Morgan fingerprint density at radius 1 is 0.397 bits per heavy atom. The van der Waals surface area contributed by atoms with Crippen molar-refractivity contribution >= 4 is 78.9 Å². The van der Waals surface area contributed by atoms with Crippen molar-refractivity contribution in [3.63, 3.8) is 0 Å². The molecule has 2 aliphatic heterocycles. The van der Waals surface area contributed by atoms with Gasteiger partial charge in [-0.15, -0.1) is 22.8 Å². The quantitative estimate of drug-likeness (QED) is 0.112. The van der Waals surface area contributed by atoms with Crippen molar-refractivity contribution in [3.8, 4) is 0 Å². The second kappa shape index (κ2) is 18.8. The van der Waals surface area contributed by atoms with E-state index in [1.807, 2.05) is 184 Å². The molecule has 0 saturated carbocycles. The Morgan fingerprint density at radius 2 is 0.714 bits per heavy atom. The summed E-state index contributed by atoms with van der Waals surface area (Å²) in [7, 11) is 0. The summed E-state index contributed by atoms with van der Waals surface area (Å²) in [5.41, 5.74) is 8.46.